The van der Waals surface area contributed by atoms with Crippen molar-refractivity contribution in [3.05, 3.63) is 0 Å². The Hall–Kier alpha value is 0.490. The molecule has 0 heterocycles. The average Bonchev–Trinajstić information content (AvgIpc) is 2.68. The zero-order valence-corrected chi connectivity index (χ0v) is 19.4. The van der Waals surface area contributed by atoms with Crippen molar-refractivity contribution in [1.82, 2.24) is 0 Å². The van der Waals surface area contributed by atoms with E-state index in [0.29, 0.717) is 66.1 Å². The van der Waals surface area contributed by atoms with Gasteiger partial charge >= 0.3 is 0 Å². The van der Waals surface area contributed by atoms with Crippen LogP contribution in [0.5, 0.6) is 0 Å². The maximum absolute atomic E-state index is 5.55. The lowest BCUT2D eigenvalue weighted by molar-refractivity contribution is -0.0161. The second-order valence-electron chi connectivity index (χ2n) is 6.13. The SMILES string of the molecule is CCCCCCCCOCCOCCOCCOCCOCCOCCI. The molecule has 0 aliphatic carbocycles. The van der Waals surface area contributed by atoms with Gasteiger partial charge in [0.15, 0.2) is 0 Å². The summed E-state index contributed by atoms with van der Waals surface area (Å²) in [6, 6.07) is 0. The van der Waals surface area contributed by atoms with Crippen molar-refractivity contribution in [2.45, 2.75) is 45.4 Å². The van der Waals surface area contributed by atoms with E-state index in [4.69, 9.17) is 28.4 Å². The second kappa shape index (κ2) is 26.5. The van der Waals surface area contributed by atoms with Gasteiger partial charge in [0.2, 0.25) is 0 Å². The lowest BCUT2D eigenvalue weighted by atomic mass is 10.1. The van der Waals surface area contributed by atoms with Gasteiger partial charge in [-0.15, -0.1) is 0 Å². The molecule has 0 spiro atoms. The van der Waals surface area contributed by atoms with Gasteiger partial charge in [0.25, 0.3) is 0 Å². The Kier molecular flexibility index (Phi) is 27.0. The number of rotatable bonds is 24. The van der Waals surface area contributed by atoms with Crippen LogP contribution in [0.15, 0.2) is 0 Å². The molecule has 0 aromatic carbocycles. The van der Waals surface area contributed by atoms with E-state index in [1.807, 2.05) is 0 Å². The quantitative estimate of drug-likeness (QED) is 0.113. The van der Waals surface area contributed by atoms with E-state index >= 15 is 0 Å². The fourth-order valence-corrected chi connectivity index (χ4v) is 2.55. The molecule has 0 radical (unpaired) electrons. The third-order valence-corrected chi connectivity index (χ3v) is 4.16. The number of ether oxygens (including phenoxy) is 6. The van der Waals surface area contributed by atoms with Gasteiger partial charge in [-0.2, -0.15) is 0 Å². The molecule has 0 atom stereocenters. The first-order valence-corrected chi connectivity index (χ1v) is 12.0. The van der Waals surface area contributed by atoms with Crippen LogP contribution in [0.1, 0.15) is 45.4 Å². The predicted molar refractivity (Wildman–Crippen MR) is 117 cm³/mol. The normalized spacial score (nSPS) is 11.3. The minimum absolute atomic E-state index is 0.579. The summed E-state index contributed by atoms with van der Waals surface area (Å²) in [7, 11) is 0. The fraction of sp³-hybridized carbons (Fsp3) is 1.00. The smallest absolute Gasteiger partial charge is 0.0701 e. The van der Waals surface area contributed by atoms with Crippen molar-refractivity contribution < 1.29 is 28.4 Å². The molecule has 0 bridgehead atoms. The molecule has 0 saturated carbocycles. The van der Waals surface area contributed by atoms with Crippen LogP contribution in [0.2, 0.25) is 0 Å². The van der Waals surface area contributed by atoms with E-state index in [1.165, 1.54) is 32.1 Å². The van der Waals surface area contributed by atoms with Crippen molar-refractivity contribution in [2.75, 3.05) is 83.7 Å². The highest BCUT2D eigenvalue weighted by Crippen LogP contribution is 2.04. The topological polar surface area (TPSA) is 55.4 Å². The highest BCUT2D eigenvalue weighted by molar-refractivity contribution is 14.1. The molecule has 0 N–H and O–H groups in total. The van der Waals surface area contributed by atoms with Gasteiger partial charge in [-0.25, -0.2) is 0 Å². The predicted octanol–water partition coefficient (Wildman–Crippen LogP) is 3.88. The Balaban J connectivity index is 2.95. The van der Waals surface area contributed by atoms with Crippen LogP contribution < -0.4 is 0 Å². The summed E-state index contributed by atoms with van der Waals surface area (Å²) in [5, 5.41) is 0. The summed E-state index contributed by atoms with van der Waals surface area (Å²) in [6.45, 7) is 9.97. The van der Waals surface area contributed by atoms with Crippen molar-refractivity contribution in [2.24, 2.45) is 0 Å². The summed E-state index contributed by atoms with van der Waals surface area (Å²) in [5.74, 6) is 0. The van der Waals surface area contributed by atoms with Crippen molar-refractivity contribution in [1.29, 1.82) is 0 Å². The summed E-state index contributed by atoms with van der Waals surface area (Å²) < 4.78 is 33.6. The zero-order valence-electron chi connectivity index (χ0n) is 17.3. The number of hydrogen-bond acceptors (Lipinski definition) is 6. The molecule has 0 amide bonds. The highest BCUT2D eigenvalue weighted by atomic mass is 127. The first kappa shape index (κ1) is 27.5. The van der Waals surface area contributed by atoms with Crippen LogP contribution in [0, 0.1) is 0 Å². The van der Waals surface area contributed by atoms with Gasteiger partial charge in [0.05, 0.1) is 72.7 Å². The van der Waals surface area contributed by atoms with Crippen LogP contribution in [0.25, 0.3) is 0 Å². The van der Waals surface area contributed by atoms with Gasteiger partial charge in [0, 0.05) is 11.0 Å². The Labute approximate surface area is 180 Å². The Morgan fingerprint density at radius 3 is 1.15 bits per heavy atom. The van der Waals surface area contributed by atoms with E-state index in [1.54, 1.807) is 0 Å². The molecule has 0 fully saturated rings. The molecule has 27 heavy (non-hydrogen) atoms. The second-order valence-corrected chi connectivity index (χ2v) is 7.21. The molecule has 6 nitrogen and oxygen atoms in total. The number of hydrogen-bond donors (Lipinski definition) is 0. The summed E-state index contributed by atoms with van der Waals surface area (Å²) in [6.07, 6.45) is 7.77. The number of unbranched alkanes of at least 4 members (excludes halogenated alkanes) is 5. The molecule has 0 rings (SSSR count). The molecule has 0 unspecified atom stereocenters. The van der Waals surface area contributed by atoms with Crippen molar-refractivity contribution >= 4 is 22.6 Å². The number of halogens is 1. The minimum Gasteiger partial charge on any atom is -0.379 e. The van der Waals surface area contributed by atoms with Gasteiger partial charge in [-0.1, -0.05) is 61.6 Å². The third-order valence-electron chi connectivity index (χ3n) is 3.72. The Morgan fingerprint density at radius 1 is 0.407 bits per heavy atom. The Morgan fingerprint density at radius 2 is 0.741 bits per heavy atom. The number of alkyl halides is 1. The van der Waals surface area contributed by atoms with Crippen LogP contribution in [-0.4, -0.2) is 83.7 Å². The molecular formula is C20H41IO6. The van der Waals surface area contributed by atoms with Crippen LogP contribution in [-0.2, 0) is 28.4 Å². The fourth-order valence-electron chi connectivity index (χ4n) is 2.24. The largest absolute Gasteiger partial charge is 0.379 e. The molecule has 0 aromatic rings. The summed E-state index contributed by atoms with van der Waals surface area (Å²) >= 11 is 2.29. The van der Waals surface area contributed by atoms with Gasteiger partial charge in [0.1, 0.15) is 0 Å². The first-order valence-electron chi connectivity index (χ1n) is 10.4. The summed E-state index contributed by atoms with van der Waals surface area (Å²) in [4.78, 5) is 0. The lowest BCUT2D eigenvalue weighted by Crippen LogP contribution is -2.14. The molecule has 0 aromatic heterocycles. The van der Waals surface area contributed by atoms with Crippen molar-refractivity contribution in [3.63, 3.8) is 0 Å². The molecule has 0 aliphatic heterocycles. The third kappa shape index (κ3) is 26.5. The minimum atomic E-state index is 0.579. The standard InChI is InChI=1S/C20H41IO6/c1-2-3-4-5-6-7-9-22-11-13-24-15-17-26-19-20-27-18-16-25-14-12-23-10-8-21/h2-20H2,1H3. The zero-order chi connectivity index (χ0) is 19.7. The molecule has 164 valence electrons. The van der Waals surface area contributed by atoms with E-state index in [-0.39, 0.29) is 0 Å². The van der Waals surface area contributed by atoms with E-state index < -0.39 is 0 Å². The van der Waals surface area contributed by atoms with E-state index in [9.17, 15) is 0 Å². The van der Waals surface area contributed by atoms with Gasteiger partial charge in [-0.3, -0.25) is 0 Å². The van der Waals surface area contributed by atoms with Crippen LogP contribution >= 0.6 is 22.6 Å². The molecule has 7 heteroatoms. The lowest BCUT2D eigenvalue weighted by Gasteiger charge is -2.08. The Bertz CT molecular complexity index is 235. The first-order chi connectivity index (χ1) is 13.4. The average molecular weight is 504 g/mol. The maximum Gasteiger partial charge on any atom is 0.0701 e. The molecular weight excluding hydrogens is 463 g/mol. The van der Waals surface area contributed by atoms with E-state index in [0.717, 1.165) is 24.1 Å². The van der Waals surface area contributed by atoms with Crippen LogP contribution in [0.3, 0.4) is 0 Å². The van der Waals surface area contributed by atoms with E-state index in [2.05, 4.69) is 29.5 Å². The highest BCUT2D eigenvalue weighted by Gasteiger charge is 1.94. The summed E-state index contributed by atoms with van der Waals surface area (Å²) in [5.41, 5.74) is 0. The van der Waals surface area contributed by atoms with Gasteiger partial charge < -0.3 is 28.4 Å². The molecule has 0 saturated heterocycles. The van der Waals surface area contributed by atoms with Crippen molar-refractivity contribution in [3.8, 4) is 0 Å². The maximum atomic E-state index is 5.55. The monoisotopic (exact) mass is 504 g/mol. The van der Waals surface area contributed by atoms with Crippen LogP contribution in [0.4, 0.5) is 0 Å². The molecule has 0 aliphatic rings. The van der Waals surface area contributed by atoms with Gasteiger partial charge in [-0.05, 0) is 6.42 Å².